The molecule has 3 heteroatoms. The van der Waals surface area contributed by atoms with Crippen LogP contribution in [0.5, 0.6) is 0 Å². The molecule has 0 saturated carbocycles. The average molecular weight is 312 g/mol. The molecule has 0 radical (unpaired) electrons. The molecule has 0 heterocycles. The zero-order chi connectivity index (χ0) is 15.9. The van der Waals surface area contributed by atoms with Crippen LogP contribution in [0.25, 0.3) is 11.1 Å². The standard InChI is InChI=1S/C19H18ClNO/c1-14(22)19-10-8-16(15-5-3-2-4-6-15)13-17(19)7-9-18(20)11-12-21/h2-6,8-13H,7,21H2,1H3/b12-11-,18-9+. The lowest BCUT2D eigenvalue weighted by Crippen LogP contribution is -1.99. The van der Waals surface area contributed by atoms with E-state index in [9.17, 15) is 4.79 Å². The third-order valence-corrected chi connectivity index (χ3v) is 3.64. The van der Waals surface area contributed by atoms with Gasteiger partial charge in [-0.2, -0.15) is 0 Å². The molecule has 2 nitrogen and oxygen atoms in total. The van der Waals surface area contributed by atoms with Crippen molar-refractivity contribution in [3.8, 4) is 11.1 Å². The van der Waals surface area contributed by atoms with E-state index >= 15 is 0 Å². The van der Waals surface area contributed by atoms with Gasteiger partial charge < -0.3 is 5.73 Å². The third kappa shape index (κ3) is 4.09. The summed E-state index contributed by atoms with van der Waals surface area (Å²) in [6.45, 7) is 1.58. The molecule has 2 rings (SSSR count). The lowest BCUT2D eigenvalue weighted by Gasteiger charge is -2.09. The summed E-state index contributed by atoms with van der Waals surface area (Å²) >= 11 is 6.03. The summed E-state index contributed by atoms with van der Waals surface area (Å²) in [4.78, 5) is 11.8. The van der Waals surface area contributed by atoms with E-state index in [4.69, 9.17) is 17.3 Å². The third-order valence-electron chi connectivity index (χ3n) is 3.36. The van der Waals surface area contributed by atoms with Gasteiger partial charge in [-0.1, -0.05) is 66.2 Å². The number of hydrogen-bond donors (Lipinski definition) is 1. The molecular formula is C19H18ClNO. The van der Waals surface area contributed by atoms with Crippen molar-refractivity contribution >= 4 is 17.4 Å². The molecule has 0 aliphatic carbocycles. The van der Waals surface area contributed by atoms with Gasteiger partial charge in [-0.05, 0) is 42.3 Å². The van der Waals surface area contributed by atoms with Crippen LogP contribution in [0.1, 0.15) is 22.8 Å². The maximum Gasteiger partial charge on any atom is 0.160 e. The highest BCUT2D eigenvalue weighted by Crippen LogP contribution is 2.24. The minimum absolute atomic E-state index is 0.0495. The van der Waals surface area contributed by atoms with E-state index in [0.29, 0.717) is 11.5 Å². The van der Waals surface area contributed by atoms with Crippen molar-refractivity contribution in [3.05, 3.63) is 83.0 Å². The van der Waals surface area contributed by atoms with Crippen molar-refractivity contribution in [2.24, 2.45) is 5.73 Å². The molecule has 0 unspecified atom stereocenters. The number of benzene rings is 2. The zero-order valence-electron chi connectivity index (χ0n) is 12.4. The van der Waals surface area contributed by atoms with Crippen molar-refractivity contribution in [2.45, 2.75) is 13.3 Å². The number of carbonyl (C=O) groups is 1. The zero-order valence-corrected chi connectivity index (χ0v) is 13.2. The molecule has 112 valence electrons. The normalized spacial score (nSPS) is 11.8. The van der Waals surface area contributed by atoms with Crippen LogP contribution in [0.2, 0.25) is 0 Å². The fraction of sp³-hybridized carbons (Fsp3) is 0.105. The van der Waals surface area contributed by atoms with E-state index in [2.05, 4.69) is 0 Å². The van der Waals surface area contributed by atoms with Crippen molar-refractivity contribution in [2.75, 3.05) is 0 Å². The second-order valence-corrected chi connectivity index (χ2v) is 5.38. The molecule has 0 saturated heterocycles. The van der Waals surface area contributed by atoms with Crippen LogP contribution in [-0.4, -0.2) is 5.78 Å². The highest BCUT2D eigenvalue weighted by molar-refractivity contribution is 6.31. The average Bonchev–Trinajstić information content (AvgIpc) is 2.53. The maximum absolute atomic E-state index is 11.8. The molecule has 0 aliphatic heterocycles. The Morgan fingerprint density at radius 3 is 2.50 bits per heavy atom. The summed E-state index contributed by atoms with van der Waals surface area (Å²) in [7, 11) is 0. The minimum atomic E-state index is 0.0495. The van der Waals surface area contributed by atoms with Gasteiger partial charge in [0.2, 0.25) is 0 Å². The van der Waals surface area contributed by atoms with Crippen LogP contribution in [-0.2, 0) is 6.42 Å². The van der Waals surface area contributed by atoms with E-state index in [0.717, 1.165) is 22.3 Å². The van der Waals surface area contributed by atoms with Gasteiger partial charge in [-0.15, -0.1) is 0 Å². The predicted octanol–water partition coefficient (Wildman–Crippen LogP) is 4.69. The molecule has 2 aromatic carbocycles. The number of nitrogens with two attached hydrogens (primary N) is 1. The van der Waals surface area contributed by atoms with Crippen molar-refractivity contribution in [3.63, 3.8) is 0 Å². The van der Waals surface area contributed by atoms with E-state index < -0.39 is 0 Å². The summed E-state index contributed by atoms with van der Waals surface area (Å²) in [5, 5.41) is 0.558. The molecule has 0 aromatic heterocycles. The number of hydrogen-bond acceptors (Lipinski definition) is 2. The van der Waals surface area contributed by atoms with Crippen molar-refractivity contribution in [1.82, 2.24) is 0 Å². The van der Waals surface area contributed by atoms with Gasteiger partial charge in [0.25, 0.3) is 0 Å². The fourth-order valence-electron chi connectivity index (χ4n) is 2.28. The number of Topliss-reactive ketones (excluding diaryl/α,β-unsaturated/α-hetero) is 1. The largest absolute Gasteiger partial charge is 0.405 e. The van der Waals surface area contributed by atoms with Crippen LogP contribution in [0, 0.1) is 0 Å². The SMILES string of the molecule is CC(=O)c1ccc(-c2ccccc2)cc1C/C=C(Cl)\C=C/N. The smallest absolute Gasteiger partial charge is 0.160 e. The highest BCUT2D eigenvalue weighted by atomic mass is 35.5. The van der Waals surface area contributed by atoms with Gasteiger partial charge in [0.05, 0.1) is 0 Å². The molecule has 0 atom stereocenters. The topological polar surface area (TPSA) is 43.1 Å². The Morgan fingerprint density at radius 2 is 1.86 bits per heavy atom. The first-order valence-electron chi connectivity index (χ1n) is 7.05. The number of rotatable bonds is 5. The molecule has 0 bridgehead atoms. The van der Waals surface area contributed by atoms with Gasteiger partial charge in [-0.3, -0.25) is 4.79 Å². The number of allylic oxidation sites excluding steroid dienone is 3. The molecule has 0 amide bonds. The number of carbonyl (C=O) groups excluding carboxylic acids is 1. The molecular weight excluding hydrogens is 294 g/mol. The monoisotopic (exact) mass is 311 g/mol. The Kier molecular flexibility index (Phi) is 5.56. The van der Waals surface area contributed by atoms with E-state index in [1.54, 1.807) is 13.0 Å². The summed E-state index contributed by atoms with van der Waals surface area (Å²) in [6.07, 6.45) is 5.45. The van der Waals surface area contributed by atoms with Gasteiger partial charge in [0.15, 0.2) is 5.78 Å². The van der Waals surface area contributed by atoms with E-state index in [-0.39, 0.29) is 5.78 Å². The van der Waals surface area contributed by atoms with Crippen LogP contribution < -0.4 is 5.73 Å². The van der Waals surface area contributed by atoms with Crippen molar-refractivity contribution < 1.29 is 4.79 Å². The number of halogens is 1. The lowest BCUT2D eigenvalue weighted by molar-refractivity contribution is 0.101. The Labute approximate surface area is 135 Å². The number of ketones is 1. The molecule has 2 N–H and O–H groups in total. The van der Waals surface area contributed by atoms with Crippen LogP contribution in [0.3, 0.4) is 0 Å². The van der Waals surface area contributed by atoms with Gasteiger partial charge in [0, 0.05) is 10.6 Å². The first kappa shape index (κ1) is 16.1. The van der Waals surface area contributed by atoms with Gasteiger partial charge in [0.1, 0.15) is 0 Å². The summed E-state index contributed by atoms with van der Waals surface area (Å²) < 4.78 is 0. The first-order valence-corrected chi connectivity index (χ1v) is 7.43. The minimum Gasteiger partial charge on any atom is -0.405 e. The fourth-order valence-corrected chi connectivity index (χ4v) is 2.43. The maximum atomic E-state index is 11.8. The molecule has 0 fully saturated rings. The summed E-state index contributed by atoms with van der Waals surface area (Å²) in [6, 6.07) is 16.0. The summed E-state index contributed by atoms with van der Waals surface area (Å²) in [5.41, 5.74) is 9.20. The van der Waals surface area contributed by atoms with Crippen LogP contribution in [0.15, 0.2) is 71.9 Å². The Bertz CT molecular complexity index is 717. The van der Waals surface area contributed by atoms with Crippen LogP contribution >= 0.6 is 11.6 Å². The van der Waals surface area contributed by atoms with Crippen LogP contribution in [0.4, 0.5) is 0 Å². The second-order valence-electron chi connectivity index (χ2n) is 4.95. The Balaban J connectivity index is 2.40. The molecule has 22 heavy (non-hydrogen) atoms. The Hall–Kier alpha value is -2.32. The second kappa shape index (κ2) is 7.62. The Morgan fingerprint density at radius 1 is 1.14 bits per heavy atom. The molecule has 0 aliphatic rings. The van der Waals surface area contributed by atoms with Gasteiger partial charge in [-0.25, -0.2) is 0 Å². The van der Waals surface area contributed by atoms with Gasteiger partial charge >= 0.3 is 0 Å². The molecule has 2 aromatic rings. The molecule has 0 spiro atoms. The van der Waals surface area contributed by atoms with Crippen molar-refractivity contribution in [1.29, 1.82) is 0 Å². The van der Waals surface area contributed by atoms with E-state index in [1.165, 1.54) is 6.20 Å². The summed E-state index contributed by atoms with van der Waals surface area (Å²) in [5.74, 6) is 0.0495. The van der Waals surface area contributed by atoms with E-state index in [1.807, 2.05) is 54.6 Å². The lowest BCUT2D eigenvalue weighted by atomic mass is 9.95. The quantitative estimate of drug-likeness (QED) is 0.643. The first-order chi connectivity index (χ1) is 10.6. The highest BCUT2D eigenvalue weighted by Gasteiger charge is 2.08. The predicted molar refractivity (Wildman–Crippen MR) is 92.8 cm³/mol.